The second kappa shape index (κ2) is 9.97. The van der Waals surface area contributed by atoms with Gasteiger partial charge in [-0.3, -0.25) is 4.78 Å². The molecule has 23 heavy (non-hydrogen) atoms. The van der Waals surface area contributed by atoms with Crippen molar-refractivity contribution < 1.29 is 0 Å². The SMILES string of the molecule is N=S(=NC1CCCCCCCC1)(C1CCCCCCC1)N(N)N. The summed E-state index contributed by atoms with van der Waals surface area (Å²) < 4.78 is 15.3. The summed E-state index contributed by atoms with van der Waals surface area (Å²) in [5, 5.41) is 0.255. The fraction of sp³-hybridized carbons (Fsp3) is 1.00. The molecule has 0 heterocycles. The Hall–Kier alpha value is -0.170. The Bertz CT molecular complexity index is 424. The first-order chi connectivity index (χ1) is 11.1. The number of nitrogens with zero attached hydrogens (tertiary/aromatic N) is 2. The van der Waals surface area contributed by atoms with Gasteiger partial charge in [0.1, 0.15) is 0 Å². The molecule has 0 aromatic rings. The molecule has 5 N–H and O–H groups in total. The van der Waals surface area contributed by atoms with Gasteiger partial charge < -0.3 is 0 Å². The highest BCUT2D eigenvalue weighted by molar-refractivity contribution is 7.92. The predicted octanol–water partition coefficient (Wildman–Crippen LogP) is 4.67. The minimum absolute atomic E-state index is 0.255. The number of nitrogens with one attached hydrogen (secondary N) is 1. The Morgan fingerprint density at radius 2 is 1.09 bits per heavy atom. The van der Waals surface area contributed by atoms with E-state index >= 15 is 0 Å². The van der Waals surface area contributed by atoms with Gasteiger partial charge in [0.25, 0.3) is 0 Å². The van der Waals surface area contributed by atoms with E-state index in [9.17, 15) is 0 Å². The van der Waals surface area contributed by atoms with Crippen LogP contribution in [0.3, 0.4) is 0 Å². The number of hydrazine groups is 2. The van der Waals surface area contributed by atoms with Gasteiger partial charge in [-0.05, 0) is 25.7 Å². The van der Waals surface area contributed by atoms with Gasteiger partial charge in [-0.1, -0.05) is 70.6 Å². The monoisotopic (exact) mass is 343 g/mol. The van der Waals surface area contributed by atoms with Crippen molar-refractivity contribution in [1.82, 2.24) is 4.52 Å². The summed E-state index contributed by atoms with van der Waals surface area (Å²) in [4.78, 5) is 0. The Labute approximate surface area is 143 Å². The molecular weight excluding hydrogens is 306 g/mol. The zero-order valence-electron chi connectivity index (χ0n) is 14.7. The van der Waals surface area contributed by atoms with Gasteiger partial charge >= 0.3 is 0 Å². The molecule has 5 nitrogen and oxygen atoms in total. The first-order valence-corrected chi connectivity index (χ1v) is 11.3. The van der Waals surface area contributed by atoms with Crippen LogP contribution in [0.1, 0.15) is 96.3 Å². The van der Waals surface area contributed by atoms with E-state index in [0.29, 0.717) is 6.04 Å². The van der Waals surface area contributed by atoms with Crippen molar-refractivity contribution in [2.75, 3.05) is 0 Å². The highest BCUT2D eigenvalue weighted by atomic mass is 32.2. The van der Waals surface area contributed by atoms with Crippen LogP contribution in [0.5, 0.6) is 0 Å². The largest absolute Gasteiger partial charge is 0.255 e. The van der Waals surface area contributed by atoms with Crippen molar-refractivity contribution in [2.45, 2.75) is 108 Å². The second-order valence-corrected chi connectivity index (χ2v) is 9.86. The first-order valence-electron chi connectivity index (χ1n) is 9.71. The molecule has 136 valence electrons. The van der Waals surface area contributed by atoms with Crippen molar-refractivity contribution in [2.24, 2.45) is 16.0 Å². The average Bonchev–Trinajstić information content (AvgIpc) is 2.60. The number of rotatable bonds is 3. The molecule has 2 rings (SSSR count). The van der Waals surface area contributed by atoms with Gasteiger partial charge in [-0.25, -0.2) is 16.0 Å². The molecule has 0 spiro atoms. The highest BCUT2D eigenvalue weighted by Crippen LogP contribution is 2.28. The van der Waals surface area contributed by atoms with Crippen LogP contribution < -0.4 is 11.7 Å². The quantitative estimate of drug-likeness (QED) is 0.514. The maximum absolute atomic E-state index is 9.05. The maximum Gasteiger partial charge on any atom is 0.0592 e. The van der Waals surface area contributed by atoms with Crippen LogP contribution in [0.4, 0.5) is 0 Å². The fourth-order valence-corrected chi connectivity index (χ4v) is 6.29. The Morgan fingerprint density at radius 3 is 1.52 bits per heavy atom. The molecule has 0 radical (unpaired) electrons. The van der Waals surface area contributed by atoms with Crippen LogP contribution in [0.15, 0.2) is 4.36 Å². The van der Waals surface area contributed by atoms with Crippen LogP contribution in [0, 0.1) is 4.78 Å². The molecule has 0 amide bonds. The van der Waals surface area contributed by atoms with E-state index in [2.05, 4.69) is 0 Å². The van der Waals surface area contributed by atoms with E-state index in [1.807, 2.05) is 0 Å². The molecule has 0 aliphatic heterocycles. The fourth-order valence-electron chi connectivity index (χ4n) is 4.00. The van der Waals surface area contributed by atoms with Crippen LogP contribution in [-0.2, 0) is 9.81 Å². The van der Waals surface area contributed by atoms with Crippen LogP contribution >= 0.6 is 0 Å². The van der Waals surface area contributed by atoms with Crippen LogP contribution in [-0.4, -0.2) is 15.8 Å². The minimum atomic E-state index is -2.17. The molecule has 2 saturated carbocycles. The number of nitrogens with two attached hydrogens (primary N) is 2. The summed E-state index contributed by atoms with van der Waals surface area (Å²) in [6.07, 6.45) is 18.5. The first kappa shape index (κ1) is 19.2. The Balaban J connectivity index is 2.16. The molecule has 0 bridgehead atoms. The third kappa shape index (κ3) is 6.00. The van der Waals surface area contributed by atoms with E-state index in [4.69, 9.17) is 20.8 Å². The van der Waals surface area contributed by atoms with Crippen molar-refractivity contribution in [3.63, 3.8) is 0 Å². The van der Waals surface area contributed by atoms with E-state index < -0.39 is 9.81 Å². The minimum Gasteiger partial charge on any atom is -0.255 e. The molecule has 2 aliphatic rings. The van der Waals surface area contributed by atoms with E-state index in [0.717, 1.165) is 25.7 Å². The molecule has 0 aromatic carbocycles. The summed E-state index contributed by atoms with van der Waals surface area (Å²) in [7, 11) is -2.17. The number of hydrogen-bond donors (Lipinski definition) is 3. The lowest BCUT2D eigenvalue weighted by Gasteiger charge is -2.31. The van der Waals surface area contributed by atoms with Crippen molar-refractivity contribution in [3.05, 3.63) is 0 Å². The van der Waals surface area contributed by atoms with Gasteiger partial charge in [0.15, 0.2) is 0 Å². The average molecular weight is 344 g/mol. The Kier molecular flexibility index (Phi) is 8.30. The Morgan fingerprint density at radius 1 is 0.696 bits per heavy atom. The number of hydrogen-bond acceptors (Lipinski definition) is 4. The van der Waals surface area contributed by atoms with Gasteiger partial charge in [-0.2, -0.15) is 0 Å². The molecule has 6 heteroatoms. The summed E-state index contributed by atoms with van der Waals surface area (Å²) in [5.74, 6) is 12.0. The molecule has 0 aromatic heterocycles. The third-order valence-corrected chi connectivity index (χ3v) is 8.14. The molecular formula is C17H37N5S. The summed E-state index contributed by atoms with van der Waals surface area (Å²) in [5.41, 5.74) is 0. The molecule has 2 fully saturated rings. The van der Waals surface area contributed by atoms with E-state index in [1.54, 1.807) is 0 Å². The van der Waals surface area contributed by atoms with Crippen LogP contribution in [0.2, 0.25) is 0 Å². The maximum atomic E-state index is 9.05. The van der Waals surface area contributed by atoms with Crippen molar-refractivity contribution in [3.8, 4) is 0 Å². The van der Waals surface area contributed by atoms with Gasteiger partial charge in [-0.15, -0.1) is 4.52 Å². The normalized spacial score (nSPS) is 26.4. The lowest BCUT2D eigenvalue weighted by Crippen LogP contribution is -2.48. The third-order valence-electron chi connectivity index (χ3n) is 5.47. The van der Waals surface area contributed by atoms with E-state index in [-0.39, 0.29) is 5.25 Å². The predicted molar refractivity (Wildman–Crippen MR) is 99.6 cm³/mol. The van der Waals surface area contributed by atoms with Crippen molar-refractivity contribution in [1.29, 1.82) is 4.78 Å². The molecule has 1 atom stereocenters. The highest BCUT2D eigenvalue weighted by Gasteiger charge is 2.25. The van der Waals surface area contributed by atoms with Gasteiger partial charge in [0.2, 0.25) is 0 Å². The van der Waals surface area contributed by atoms with Gasteiger partial charge in [0, 0.05) is 15.1 Å². The lowest BCUT2D eigenvalue weighted by molar-refractivity contribution is 0.464. The molecule has 0 saturated heterocycles. The molecule has 1 unspecified atom stereocenters. The van der Waals surface area contributed by atoms with E-state index in [1.165, 1.54) is 75.2 Å². The van der Waals surface area contributed by atoms with Gasteiger partial charge in [0.05, 0.1) is 6.04 Å². The standard InChI is InChI=1S/C17H37N5S/c18-22(19)23(20,17-14-10-6-3-7-11-15-17)21-16-12-8-4-1-2-5-9-13-16/h16-17,20H,1-15,18-19H2. The smallest absolute Gasteiger partial charge is 0.0592 e. The van der Waals surface area contributed by atoms with Crippen LogP contribution in [0.25, 0.3) is 0 Å². The topological polar surface area (TPSA) is 91.5 Å². The molecule has 2 aliphatic carbocycles. The summed E-state index contributed by atoms with van der Waals surface area (Å²) in [6, 6.07) is 0.292. The summed E-state index contributed by atoms with van der Waals surface area (Å²) in [6.45, 7) is 0. The zero-order valence-corrected chi connectivity index (χ0v) is 15.5. The summed E-state index contributed by atoms with van der Waals surface area (Å²) >= 11 is 0. The zero-order chi connectivity index (χ0) is 16.5. The van der Waals surface area contributed by atoms with Crippen molar-refractivity contribution >= 4 is 9.81 Å². The second-order valence-electron chi connectivity index (χ2n) is 7.38. The lowest BCUT2D eigenvalue weighted by atomic mass is 10.0.